The summed E-state index contributed by atoms with van der Waals surface area (Å²) in [5, 5.41) is 2.07. The molecule has 2 aromatic heterocycles. The van der Waals surface area contributed by atoms with Crippen LogP contribution in [0.15, 0.2) is 52.9 Å². The van der Waals surface area contributed by atoms with Gasteiger partial charge < -0.3 is 10.3 Å². The van der Waals surface area contributed by atoms with Crippen molar-refractivity contribution < 1.29 is 0 Å². The van der Waals surface area contributed by atoms with E-state index in [9.17, 15) is 0 Å². The third kappa shape index (κ3) is 2.22. The molecule has 3 rings (SSSR count). The molecule has 96 valence electrons. The molecule has 3 aromatic rings. The lowest BCUT2D eigenvalue weighted by Gasteiger charge is -2.10. The molecule has 19 heavy (non-hydrogen) atoms. The molecule has 0 radical (unpaired) electrons. The zero-order valence-electron chi connectivity index (χ0n) is 10.6. The van der Waals surface area contributed by atoms with Gasteiger partial charge in [0, 0.05) is 42.5 Å². The van der Waals surface area contributed by atoms with Gasteiger partial charge in [-0.15, -0.1) is 0 Å². The van der Waals surface area contributed by atoms with Gasteiger partial charge in [-0.1, -0.05) is 30.0 Å². The van der Waals surface area contributed by atoms with Crippen molar-refractivity contribution in [3.8, 4) is 0 Å². The molecule has 0 saturated heterocycles. The molecule has 0 bridgehead atoms. The Hall–Kier alpha value is -1.85. The summed E-state index contributed by atoms with van der Waals surface area (Å²) in [7, 11) is 1.99. The van der Waals surface area contributed by atoms with Crippen molar-refractivity contribution >= 4 is 22.7 Å². The van der Waals surface area contributed by atoms with Crippen LogP contribution in [-0.4, -0.2) is 14.5 Å². The number of rotatable bonds is 3. The highest BCUT2D eigenvalue weighted by Crippen LogP contribution is 2.34. The van der Waals surface area contributed by atoms with Gasteiger partial charge >= 0.3 is 0 Å². The van der Waals surface area contributed by atoms with Crippen LogP contribution < -0.4 is 5.73 Å². The third-order valence-corrected chi connectivity index (χ3v) is 4.25. The van der Waals surface area contributed by atoms with Crippen LogP contribution in [0.2, 0.25) is 0 Å². The number of hydrogen-bond acceptors (Lipinski definition) is 4. The maximum Gasteiger partial charge on any atom is 0.172 e. The fourth-order valence-corrected chi connectivity index (χ4v) is 3.02. The lowest BCUT2D eigenvalue weighted by molar-refractivity contribution is 0.789. The van der Waals surface area contributed by atoms with Crippen molar-refractivity contribution in [2.24, 2.45) is 12.8 Å². The number of para-hydroxylation sites is 1. The molecule has 0 saturated carbocycles. The lowest BCUT2D eigenvalue weighted by atomic mass is 10.1. The van der Waals surface area contributed by atoms with E-state index in [0.717, 1.165) is 26.5 Å². The van der Waals surface area contributed by atoms with Crippen LogP contribution in [0, 0.1) is 0 Å². The van der Waals surface area contributed by atoms with Crippen LogP contribution in [0.5, 0.6) is 0 Å². The van der Waals surface area contributed by atoms with Crippen LogP contribution >= 0.6 is 11.8 Å². The Morgan fingerprint density at radius 3 is 2.84 bits per heavy atom. The number of benzene rings is 1. The van der Waals surface area contributed by atoms with Crippen molar-refractivity contribution in [3.05, 3.63) is 48.4 Å². The second kappa shape index (κ2) is 5.03. The predicted molar refractivity (Wildman–Crippen MR) is 77.0 cm³/mol. The van der Waals surface area contributed by atoms with Gasteiger partial charge in [0.05, 0.1) is 5.52 Å². The summed E-state index contributed by atoms with van der Waals surface area (Å²) in [6, 6.07) is 8.10. The normalized spacial score (nSPS) is 11.1. The van der Waals surface area contributed by atoms with Crippen molar-refractivity contribution in [1.82, 2.24) is 14.5 Å². The van der Waals surface area contributed by atoms with Crippen molar-refractivity contribution in [2.45, 2.75) is 16.6 Å². The van der Waals surface area contributed by atoms with Gasteiger partial charge in [-0.05, 0) is 11.6 Å². The van der Waals surface area contributed by atoms with Gasteiger partial charge in [-0.2, -0.15) is 0 Å². The van der Waals surface area contributed by atoms with Crippen LogP contribution in [0.3, 0.4) is 0 Å². The molecule has 1 aromatic carbocycles. The standard InChI is InChI=1S/C14H14N4S/c1-18-7-6-16-14(18)19-13-10(8-15)9-17-12-5-3-2-4-11(12)13/h2-7,9H,8,15H2,1H3. The Morgan fingerprint density at radius 2 is 2.11 bits per heavy atom. The van der Waals surface area contributed by atoms with Gasteiger partial charge in [0.15, 0.2) is 5.16 Å². The quantitative estimate of drug-likeness (QED) is 0.794. The average molecular weight is 270 g/mol. The number of fused-ring (bicyclic) bond motifs is 1. The molecule has 0 fully saturated rings. The Balaban J connectivity index is 2.17. The highest BCUT2D eigenvalue weighted by molar-refractivity contribution is 7.99. The van der Waals surface area contributed by atoms with E-state index in [-0.39, 0.29) is 0 Å². The lowest BCUT2D eigenvalue weighted by Crippen LogP contribution is -2.01. The summed E-state index contributed by atoms with van der Waals surface area (Å²) in [6.07, 6.45) is 5.59. The minimum atomic E-state index is 0.477. The van der Waals surface area contributed by atoms with Crippen LogP contribution in [0.4, 0.5) is 0 Å². The minimum absolute atomic E-state index is 0.477. The number of aromatic nitrogens is 3. The first kappa shape index (κ1) is 12.2. The van der Waals surface area contributed by atoms with E-state index in [1.165, 1.54) is 0 Å². The average Bonchev–Trinajstić information content (AvgIpc) is 2.85. The molecule has 0 aliphatic rings. The molecule has 4 nitrogen and oxygen atoms in total. The van der Waals surface area contributed by atoms with Gasteiger partial charge in [0.2, 0.25) is 0 Å². The number of imidazole rings is 1. The zero-order chi connectivity index (χ0) is 13.2. The van der Waals surface area contributed by atoms with Crippen LogP contribution in [-0.2, 0) is 13.6 Å². The summed E-state index contributed by atoms with van der Waals surface area (Å²) in [6.45, 7) is 0.477. The topological polar surface area (TPSA) is 56.7 Å². The summed E-state index contributed by atoms with van der Waals surface area (Å²) in [5.41, 5.74) is 7.86. The molecule has 2 heterocycles. The summed E-state index contributed by atoms with van der Waals surface area (Å²) >= 11 is 1.63. The van der Waals surface area contributed by atoms with Crippen molar-refractivity contribution in [3.63, 3.8) is 0 Å². The van der Waals surface area contributed by atoms with E-state index in [1.807, 2.05) is 42.2 Å². The molecule has 5 heteroatoms. The fraction of sp³-hybridized carbons (Fsp3) is 0.143. The molecule has 0 aliphatic heterocycles. The van der Waals surface area contributed by atoms with Gasteiger partial charge in [0.1, 0.15) is 0 Å². The Bertz CT molecular complexity index is 720. The van der Waals surface area contributed by atoms with Gasteiger partial charge in [0.25, 0.3) is 0 Å². The van der Waals surface area contributed by atoms with Crippen molar-refractivity contribution in [2.75, 3.05) is 0 Å². The largest absolute Gasteiger partial charge is 0.329 e. The van der Waals surface area contributed by atoms with E-state index in [0.29, 0.717) is 6.54 Å². The molecule has 0 amide bonds. The Morgan fingerprint density at radius 1 is 1.26 bits per heavy atom. The third-order valence-electron chi connectivity index (χ3n) is 2.99. The molecule has 2 N–H and O–H groups in total. The first-order chi connectivity index (χ1) is 9.29. The number of hydrogen-bond donors (Lipinski definition) is 1. The second-order valence-corrected chi connectivity index (χ2v) is 5.23. The zero-order valence-corrected chi connectivity index (χ0v) is 11.4. The maximum atomic E-state index is 5.83. The number of pyridine rings is 1. The summed E-state index contributed by atoms with van der Waals surface area (Å²) < 4.78 is 2.00. The number of nitrogens with zero attached hydrogens (tertiary/aromatic N) is 3. The van der Waals surface area contributed by atoms with E-state index >= 15 is 0 Å². The molecule has 0 aliphatic carbocycles. The summed E-state index contributed by atoms with van der Waals surface area (Å²) in [5.74, 6) is 0. The molecule has 0 atom stereocenters. The van der Waals surface area contributed by atoms with E-state index in [4.69, 9.17) is 5.73 Å². The van der Waals surface area contributed by atoms with E-state index < -0.39 is 0 Å². The monoisotopic (exact) mass is 270 g/mol. The van der Waals surface area contributed by atoms with Crippen LogP contribution in [0.1, 0.15) is 5.56 Å². The van der Waals surface area contributed by atoms with E-state index in [2.05, 4.69) is 16.0 Å². The molecular weight excluding hydrogens is 256 g/mol. The van der Waals surface area contributed by atoms with E-state index in [1.54, 1.807) is 18.0 Å². The minimum Gasteiger partial charge on any atom is -0.329 e. The molecular formula is C14H14N4S. The van der Waals surface area contributed by atoms with Crippen molar-refractivity contribution in [1.29, 1.82) is 0 Å². The van der Waals surface area contributed by atoms with Gasteiger partial charge in [-0.25, -0.2) is 4.98 Å². The predicted octanol–water partition coefficient (Wildman–Crippen LogP) is 2.58. The number of aryl methyl sites for hydroxylation is 1. The number of nitrogens with two attached hydrogens (primary N) is 1. The Kier molecular flexibility index (Phi) is 3.23. The van der Waals surface area contributed by atoms with Crippen LogP contribution in [0.25, 0.3) is 10.9 Å². The molecule has 0 unspecified atom stereocenters. The van der Waals surface area contributed by atoms with Gasteiger partial charge in [-0.3, -0.25) is 4.98 Å². The maximum absolute atomic E-state index is 5.83. The smallest absolute Gasteiger partial charge is 0.172 e. The SMILES string of the molecule is Cn1ccnc1Sc1c(CN)cnc2ccccc12. The highest BCUT2D eigenvalue weighted by atomic mass is 32.2. The first-order valence-electron chi connectivity index (χ1n) is 6.01. The molecule has 0 spiro atoms. The summed E-state index contributed by atoms with van der Waals surface area (Å²) in [4.78, 5) is 9.94. The highest BCUT2D eigenvalue weighted by Gasteiger charge is 2.11. The Labute approximate surface area is 115 Å². The second-order valence-electron chi connectivity index (χ2n) is 4.26. The first-order valence-corrected chi connectivity index (χ1v) is 6.83. The fourth-order valence-electron chi connectivity index (χ4n) is 1.96.